The summed E-state index contributed by atoms with van der Waals surface area (Å²) >= 11 is 0. The predicted octanol–water partition coefficient (Wildman–Crippen LogP) is 2.75. The number of aliphatic hydroxyl groups excluding tert-OH is 1. The highest BCUT2D eigenvalue weighted by Gasteiger charge is 2.08. The molecule has 1 unspecified atom stereocenters. The number of hydrogen-bond donors (Lipinski definition) is 1. The van der Waals surface area contributed by atoms with Gasteiger partial charge < -0.3 is 5.11 Å². The van der Waals surface area contributed by atoms with Gasteiger partial charge in [0.25, 0.3) is 0 Å². The van der Waals surface area contributed by atoms with Crippen molar-refractivity contribution in [3.8, 4) is 0 Å². The highest BCUT2D eigenvalue weighted by atomic mass is 28.3. The van der Waals surface area contributed by atoms with Gasteiger partial charge in [0.2, 0.25) is 0 Å². The minimum atomic E-state index is -1.15. The fraction of sp³-hybridized carbons (Fsp3) is 0.600. The van der Waals surface area contributed by atoms with Crippen molar-refractivity contribution in [3.05, 3.63) is 23.4 Å². The van der Waals surface area contributed by atoms with Crippen molar-refractivity contribution < 1.29 is 5.11 Å². The Morgan fingerprint density at radius 3 is 2.17 bits per heavy atom. The summed E-state index contributed by atoms with van der Waals surface area (Å²) in [6.07, 6.45) is 3.46. The van der Waals surface area contributed by atoms with Crippen LogP contribution in [0.2, 0.25) is 19.6 Å². The third-order valence-electron chi connectivity index (χ3n) is 1.70. The maximum Gasteiger partial charge on any atom is 0.0925 e. The van der Waals surface area contributed by atoms with E-state index in [1.54, 1.807) is 0 Å². The molecular weight excluding hydrogens is 164 g/mol. The minimum absolute atomic E-state index is 0.387. The van der Waals surface area contributed by atoms with Crippen LogP contribution in [-0.4, -0.2) is 19.3 Å². The Morgan fingerprint density at radius 2 is 1.83 bits per heavy atom. The van der Waals surface area contributed by atoms with E-state index in [9.17, 15) is 5.11 Å². The van der Waals surface area contributed by atoms with E-state index in [2.05, 4.69) is 25.3 Å². The van der Waals surface area contributed by atoms with E-state index in [1.165, 1.54) is 0 Å². The molecule has 2 heteroatoms. The summed E-state index contributed by atoms with van der Waals surface area (Å²) in [5.74, 6) is 0. The van der Waals surface area contributed by atoms with Crippen molar-refractivity contribution in [3.63, 3.8) is 0 Å². The maximum absolute atomic E-state index is 9.55. The largest absolute Gasteiger partial charge is 0.385 e. The second-order valence-electron chi connectivity index (χ2n) is 4.20. The Hall–Kier alpha value is -0.343. The van der Waals surface area contributed by atoms with Crippen molar-refractivity contribution in [2.24, 2.45) is 0 Å². The average molecular weight is 184 g/mol. The van der Waals surface area contributed by atoms with Crippen LogP contribution in [0.15, 0.2) is 23.4 Å². The van der Waals surface area contributed by atoms with Crippen LogP contribution in [0.3, 0.4) is 0 Å². The van der Waals surface area contributed by atoms with E-state index >= 15 is 0 Å². The van der Waals surface area contributed by atoms with Crippen LogP contribution in [0.4, 0.5) is 0 Å². The van der Waals surface area contributed by atoms with Gasteiger partial charge in [0.1, 0.15) is 0 Å². The van der Waals surface area contributed by atoms with Crippen LogP contribution < -0.4 is 0 Å². The van der Waals surface area contributed by atoms with E-state index in [0.717, 1.165) is 5.57 Å². The second kappa shape index (κ2) is 4.63. The third kappa shape index (κ3) is 5.33. The van der Waals surface area contributed by atoms with Gasteiger partial charge in [0.15, 0.2) is 0 Å². The van der Waals surface area contributed by atoms with Crippen molar-refractivity contribution in [1.82, 2.24) is 0 Å². The highest BCUT2D eigenvalue weighted by molar-refractivity contribution is 6.80. The van der Waals surface area contributed by atoms with Gasteiger partial charge in [-0.15, -0.1) is 0 Å². The first-order valence-corrected chi connectivity index (χ1v) is 7.95. The molecule has 1 N–H and O–H groups in total. The molecule has 0 aliphatic heterocycles. The number of rotatable bonds is 3. The second-order valence-corrected chi connectivity index (χ2v) is 9.27. The first kappa shape index (κ1) is 11.7. The number of aliphatic hydroxyl groups is 1. The molecule has 0 aliphatic rings. The minimum Gasteiger partial charge on any atom is -0.385 e. The maximum atomic E-state index is 9.55. The van der Waals surface area contributed by atoms with E-state index < -0.39 is 8.07 Å². The predicted molar refractivity (Wildman–Crippen MR) is 57.9 cm³/mol. The first-order chi connectivity index (χ1) is 5.37. The van der Waals surface area contributed by atoms with Crippen LogP contribution in [0.5, 0.6) is 0 Å². The molecule has 1 nitrogen and oxygen atoms in total. The quantitative estimate of drug-likeness (QED) is 0.528. The molecule has 0 radical (unpaired) electrons. The topological polar surface area (TPSA) is 20.2 Å². The normalized spacial score (nSPS) is 17.0. The molecule has 0 saturated heterocycles. The lowest BCUT2D eigenvalue weighted by molar-refractivity contribution is 0.259. The Balaban J connectivity index is 4.18. The van der Waals surface area contributed by atoms with Gasteiger partial charge in [-0.05, 0) is 19.4 Å². The summed E-state index contributed by atoms with van der Waals surface area (Å²) in [5.41, 5.74) is 3.19. The van der Waals surface area contributed by atoms with Gasteiger partial charge in [-0.25, -0.2) is 0 Å². The Morgan fingerprint density at radius 1 is 1.33 bits per heavy atom. The van der Waals surface area contributed by atoms with Gasteiger partial charge in [0.05, 0.1) is 14.2 Å². The monoisotopic (exact) mass is 184 g/mol. The summed E-state index contributed by atoms with van der Waals surface area (Å²) in [4.78, 5) is 0. The smallest absolute Gasteiger partial charge is 0.0925 e. The number of allylic oxidation sites excluding steroid dienone is 1. The van der Waals surface area contributed by atoms with Crippen LogP contribution in [0.25, 0.3) is 0 Å². The highest BCUT2D eigenvalue weighted by Crippen LogP contribution is 2.07. The SMILES string of the molecule is C/C=C(\C)C(O)/C=C/[Si](C)(C)C. The van der Waals surface area contributed by atoms with Gasteiger partial charge >= 0.3 is 0 Å². The molecule has 0 aromatic heterocycles. The molecule has 0 heterocycles. The Labute approximate surface area is 76.8 Å². The van der Waals surface area contributed by atoms with E-state index in [4.69, 9.17) is 0 Å². The Kier molecular flexibility index (Phi) is 4.49. The van der Waals surface area contributed by atoms with Gasteiger partial charge in [-0.2, -0.15) is 0 Å². The van der Waals surface area contributed by atoms with E-state index in [1.807, 2.05) is 26.0 Å². The van der Waals surface area contributed by atoms with E-state index in [-0.39, 0.29) is 6.10 Å². The summed E-state index contributed by atoms with van der Waals surface area (Å²) in [5, 5.41) is 9.55. The standard InChI is InChI=1S/C10H20OSi/c1-6-9(2)10(11)7-8-12(3,4)5/h6-8,10-11H,1-5H3/b8-7+,9-6+. The van der Waals surface area contributed by atoms with Crippen molar-refractivity contribution in [2.75, 3.05) is 0 Å². The van der Waals surface area contributed by atoms with Crippen molar-refractivity contribution >= 4 is 8.07 Å². The zero-order valence-corrected chi connectivity index (χ0v) is 9.76. The average Bonchev–Trinajstić information content (AvgIpc) is 1.97. The molecule has 0 aliphatic carbocycles. The fourth-order valence-corrected chi connectivity index (χ4v) is 1.46. The fourth-order valence-electron chi connectivity index (χ4n) is 0.702. The molecule has 0 aromatic carbocycles. The van der Waals surface area contributed by atoms with Crippen LogP contribution >= 0.6 is 0 Å². The first-order valence-electron chi connectivity index (χ1n) is 4.37. The molecule has 0 aromatic rings. The lowest BCUT2D eigenvalue weighted by atomic mass is 10.2. The molecule has 0 amide bonds. The van der Waals surface area contributed by atoms with Crippen LogP contribution in [-0.2, 0) is 0 Å². The molecule has 0 rings (SSSR count). The Bertz CT molecular complexity index is 187. The number of hydrogen-bond acceptors (Lipinski definition) is 1. The van der Waals surface area contributed by atoms with Crippen LogP contribution in [0.1, 0.15) is 13.8 Å². The van der Waals surface area contributed by atoms with Crippen molar-refractivity contribution in [2.45, 2.75) is 39.6 Å². The van der Waals surface area contributed by atoms with Gasteiger partial charge in [-0.1, -0.05) is 37.5 Å². The molecule has 70 valence electrons. The summed E-state index contributed by atoms with van der Waals surface area (Å²) < 4.78 is 0. The molecule has 12 heavy (non-hydrogen) atoms. The summed E-state index contributed by atoms with van der Waals surface area (Å²) in [6.45, 7) is 10.6. The summed E-state index contributed by atoms with van der Waals surface area (Å²) in [7, 11) is -1.15. The molecule has 0 fully saturated rings. The zero-order chi connectivity index (χ0) is 9.78. The molecule has 0 bridgehead atoms. The van der Waals surface area contributed by atoms with E-state index in [0.29, 0.717) is 0 Å². The zero-order valence-electron chi connectivity index (χ0n) is 8.76. The molecule has 1 atom stereocenters. The van der Waals surface area contributed by atoms with Gasteiger partial charge in [-0.3, -0.25) is 0 Å². The lowest BCUT2D eigenvalue weighted by Gasteiger charge is -2.11. The molecular formula is C10H20OSi. The molecule has 0 saturated carbocycles. The molecule has 0 spiro atoms. The lowest BCUT2D eigenvalue weighted by Crippen LogP contribution is -2.17. The van der Waals surface area contributed by atoms with Crippen LogP contribution in [0, 0.1) is 0 Å². The van der Waals surface area contributed by atoms with Gasteiger partial charge in [0, 0.05) is 0 Å². The third-order valence-corrected chi connectivity index (χ3v) is 2.89. The summed E-state index contributed by atoms with van der Waals surface area (Å²) in [6, 6.07) is 0. The van der Waals surface area contributed by atoms with Crippen molar-refractivity contribution in [1.29, 1.82) is 0 Å².